The number of aliphatic carboxylic acids is 1. The summed E-state index contributed by atoms with van der Waals surface area (Å²) in [5, 5.41) is 12.9. The Morgan fingerprint density at radius 2 is 1.57 bits per heavy atom. The molecule has 0 aromatic heterocycles. The number of benzene rings is 2. The molecule has 4 rings (SSSR count). The first kappa shape index (κ1) is 27.5. The van der Waals surface area contributed by atoms with Crippen molar-refractivity contribution < 1.29 is 41.0 Å². The predicted octanol–water partition coefficient (Wildman–Crippen LogP) is 7.13. The summed E-state index contributed by atoms with van der Waals surface area (Å²) in [5.41, 5.74) is -0.183. The Morgan fingerprint density at radius 3 is 2.16 bits per heavy atom. The third kappa shape index (κ3) is 6.89. The second-order valence-corrected chi connectivity index (χ2v) is 10.2. The van der Waals surface area contributed by atoms with Gasteiger partial charge in [0, 0.05) is 6.04 Å². The molecule has 4 nitrogen and oxygen atoms in total. The number of hydrogen-bond acceptors (Lipinski definition) is 3. The van der Waals surface area contributed by atoms with Crippen LogP contribution in [0.2, 0.25) is 0 Å². The van der Waals surface area contributed by atoms with Crippen molar-refractivity contribution in [1.29, 1.82) is 0 Å². The van der Waals surface area contributed by atoms with E-state index in [1.54, 1.807) is 18.2 Å². The fourth-order valence-electron chi connectivity index (χ4n) is 5.55. The average molecular weight is 532 g/mol. The van der Waals surface area contributed by atoms with Crippen LogP contribution in [-0.2, 0) is 17.4 Å². The number of nitrogens with one attached hydrogen (secondary N) is 1. The number of hydrogen-bond donors (Lipinski definition) is 2. The molecular formula is C27H31F6NO3. The van der Waals surface area contributed by atoms with E-state index in [0.29, 0.717) is 36.8 Å². The molecule has 0 bridgehead atoms. The first-order valence-electron chi connectivity index (χ1n) is 12.7. The monoisotopic (exact) mass is 531 g/mol. The number of carbonyl (C=O) groups is 1. The van der Waals surface area contributed by atoms with Crippen LogP contribution in [0.5, 0.6) is 5.75 Å². The third-order valence-electron chi connectivity index (χ3n) is 7.69. The molecule has 0 amide bonds. The van der Waals surface area contributed by atoms with Gasteiger partial charge in [-0.05, 0) is 86.7 Å². The van der Waals surface area contributed by atoms with Gasteiger partial charge in [-0.1, -0.05) is 24.3 Å². The van der Waals surface area contributed by atoms with Crippen LogP contribution in [0.25, 0.3) is 10.8 Å². The van der Waals surface area contributed by atoms with Crippen LogP contribution in [-0.4, -0.2) is 35.9 Å². The third-order valence-corrected chi connectivity index (χ3v) is 7.69. The highest BCUT2D eigenvalue weighted by atomic mass is 19.4. The van der Waals surface area contributed by atoms with E-state index in [1.165, 1.54) is 12.1 Å². The zero-order chi connectivity index (χ0) is 26.8. The van der Waals surface area contributed by atoms with Crippen LogP contribution in [0.3, 0.4) is 0 Å². The fourth-order valence-corrected chi connectivity index (χ4v) is 5.55. The van der Waals surface area contributed by atoms with E-state index in [9.17, 15) is 31.1 Å². The summed E-state index contributed by atoms with van der Waals surface area (Å²) in [7, 11) is 0. The molecule has 2 aliphatic carbocycles. The Kier molecular flexibility index (Phi) is 8.26. The predicted molar refractivity (Wildman–Crippen MR) is 126 cm³/mol. The number of alkyl halides is 6. The molecule has 2 saturated carbocycles. The van der Waals surface area contributed by atoms with Gasteiger partial charge < -0.3 is 15.2 Å². The van der Waals surface area contributed by atoms with E-state index >= 15 is 0 Å². The molecule has 2 aliphatic rings. The van der Waals surface area contributed by atoms with Crippen molar-refractivity contribution in [1.82, 2.24) is 5.32 Å². The summed E-state index contributed by atoms with van der Waals surface area (Å²) in [6.45, 7) is 0.550. The van der Waals surface area contributed by atoms with Crippen molar-refractivity contribution in [3.63, 3.8) is 0 Å². The Labute approximate surface area is 211 Å². The minimum Gasteiger partial charge on any atom is -0.490 e. The van der Waals surface area contributed by atoms with Crippen LogP contribution in [0.4, 0.5) is 26.3 Å². The molecule has 2 aromatic rings. The molecule has 204 valence electrons. The maximum Gasteiger partial charge on any atom is 0.420 e. The lowest BCUT2D eigenvalue weighted by Crippen LogP contribution is -2.36. The zero-order valence-electron chi connectivity index (χ0n) is 20.3. The van der Waals surface area contributed by atoms with Gasteiger partial charge in [0.1, 0.15) is 11.3 Å². The Morgan fingerprint density at radius 1 is 0.919 bits per heavy atom. The molecule has 2 N–H and O–H groups in total. The molecule has 0 radical (unpaired) electrons. The smallest absolute Gasteiger partial charge is 0.420 e. The summed E-state index contributed by atoms with van der Waals surface area (Å²) in [4.78, 5) is 11.1. The molecule has 0 atom stereocenters. The van der Waals surface area contributed by atoms with Gasteiger partial charge in [0.2, 0.25) is 0 Å². The Bertz CT molecular complexity index is 1080. The van der Waals surface area contributed by atoms with Crippen molar-refractivity contribution >= 4 is 16.7 Å². The Balaban J connectivity index is 1.45. The van der Waals surface area contributed by atoms with E-state index in [4.69, 9.17) is 9.84 Å². The lowest BCUT2D eigenvalue weighted by atomic mass is 9.86. The van der Waals surface area contributed by atoms with E-state index in [2.05, 4.69) is 5.32 Å². The lowest BCUT2D eigenvalue weighted by Gasteiger charge is -2.31. The molecule has 0 aliphatic heterocycles. The highest BCUT2D eigenvalue weighted by Crippen LogP contribution is 2.44. The van der Waals surface area contributed by atoms with Crippen molar-refractivity contribution in [3.8, 4) is 5.75 Å². The topological polar surface area (TPSA) is 58.6 Å². The molecule has 2 aromatic carbocycles. The van der Waals surface area contributed by atoms with Gasteiger partial charge in [0.25, 0.3) is 0 Å². The van der Waals surface area contributed by atoms with Crippen LogP contribution in [0.1, 0.15) is 62.5 Å². The van der Waals surface area contributed by atoms with E-state index in [1.807, 2.05) is 0 Å². The van der Waals surface area contributed by atoms with Crippen LogP contribution in [0.15, 0.2) is 30.3 Å². The second-order valence-electron chi connectivity index (χ2n) is 10.2. The summed E-state index contributed by atoms with van der Waals surface area (Å²) < 4.78 is 87.1. The van der Waals surface area contributed by atoms with Crippen LogP contribution < -0.4 is 10.1 Å². The van der Waals surface area contributed by atoms with E-state index in [-0.39, 0.29) is 48.8 Å². The molecular weight excluding hydrogens is 500 g/mol. The van der Waals surface area contributed by atoms with Gasteiger partial charge in [-0.25, -0.2) is 0 Å². The normalized spacial score (nSPS) is 25.2. The van der Waals surface area contributed by atoms with E-state index < -0.39 is 35.9 Å². The molecule has 37 heavy (non-hydrogen) atoms. The minimum absolute atomic E-state index is 0.00782. The molecule has 0 spiro atoms. The molecule has 0 heterocycles. The van der Waals surface area contributed by atoms with E-state index in [0.717, 1.165) is 12.8 Å². The van der Waals surface area contributed by atoms with Gasteiger partial charge in [-0.15, -0.1) is 0 Å². The lowest BCUT2D eigenvalue weighted by molar-refractivity contribution is -0.185. The molecule has 0 saturated heterocycles. The van der Waals surface area contributed by atoms with Crippen molar-refractivity contribution in [2.75, 3.05) is 6.54 Å². The standard InChI is InChI=1S/C27H31F6NO3/c28-26(29,30)19-6-10-21(11-7-19)37-23-12-5-17-2-1-16(15-22(17)24(23)27(31,32)33)13-14-34-20-8-3-18(4-9-20)25(35)36/h1-2,5,12,15,18-21,34H,3-4,6-11,13-14H2,(H,35,36). The van der Waals surface area contributed by atoms with Crippen molar-refractivity contribution in [3.05, 3.63) is 41.5 Å². The van der Waals surface area contributed by atoms with Crippen molar-refractivity contribution in [2.24, 2.45) is 11.8 Å². The largest absolute Gasteiger partial charge is 0.490 e. The van der Waals surface area contributed by atoms with Gasteiger partial charge in [-0.3, -0.25) is 4.79 Å². The highest BCUT2D eigenvalue weighted by Gasteiger charge is 2.42. The Hall–Kier alpha value is -2.49. The highest BCUT2D eigenvalue weighted by molar-refractivity contribution is 5.89. The summed E-state index contributed by atoms with van der Waals surface area (Å²) in [5.74, 6) is -2.86. The molecule has 2 fully saturated rings. The first-order chi connectivity index (χ1) is 17.4. The number of carboxylic acids is 1. The van der Waals surface area contributed by atoms with Crippen molar-refractivity contribution in [2.45, 2.75) is 82.3 Å². The maximum absolute atomic E-state index is 14.2. The average Bonchev–Trinajstić information content (AvgIpc) is 2.83. The quantitative estimate of drug-likeness (QED) is 0.373. The molecule has 10 heteroatoms. The summed E-state index contributed by atoms with van der Waals surface area (Å²) in [6.07, 6.45) is -6.67. The molecule has 0 unspecified atom stereocenters. The van der Waals surface area contributed by atoms with Gasteiger partial charge in [0.05, 0.1) is 17.9 Å². The number of ether oxygens (including phenoxy) is 1. The zero-order valence-corrected chi connectivity index (χ0v) is 20.3. The summed E-state index contributed by atoms with van der Waals surface area (Å²) in [6, 6.07) is 7.92. The number of halogens is 6. The summed E-state index contributed by atoms with van der Waals surface area (Å²) >= 11 is 0. The minimum atomic E-state index is -4.70. The second kappa shape index (κ2) is 11.1. The number of carboxylic acid groups (broad SMARTS) is 1. The van der Waals surface area contributed by atoms with Gasteiger partial charge in [0.15, 0.2) is 0 Å². The SMILES string of the molecule is O=C(O)C1CCC(NCCc2ccc3ccc(OC4CCC(C(F)(F)F)CC4)c(C(F)(F)F)c3c2)CC1. The van der Waals surface area contributed by atoms with Gasteiger partial charge >= 0.3 is 18.3 Å². The van der Waals surface area contributed by atoms with Crippen LogP contribution in [0, 0.1) is 11.8 Å². The number of fused-ring (bicyclic) bond motifs is 1. The fraction of sp³-hybridized carbons (Fsp3) is 0.593. The van der Waals surface area contributed by atoms with Crippen LogP contribution >= 0.6 is 0 Å². The number of rotatable bonds is 7. The first-order valence-corrected chi connectivity index (χ1v) is 12.7. The maximum atomic E-state index is 14.2. The van der Waals surface area contributed by atoms with Gasteiger partial charge in [-0.2, -0.15) is 26.3 Å².